The molecule has 0 unspecified atom stereocenters. The van der Waals surface area contributed by atoms with Crippen LogP contribution in [0.1, 0.15) is 0 Å². The van der Waals surface area contributed by atoms with Gasteiger partial charge in [0.15, 0.2) is 11.6 Å². The van der Waals surface area contributed by atoms with Crippen molar-refractivity contribution in [3.63, 3.8) is 0 Å². The molecule has 16 heavy (non-hydrogen) atoms. The molecule has 0 bridgehead atoms. The Bertz CT molecular complexity index is 364. The summed E-state index contributed by atoms with van der Waals surface area (Å²) in [6.45, 7) is 2.98. The zero-order chi connectivity index (χ0) is 11.4. The Balaban J connectivity index is 2.10. The monoisotopic (exact) mass is 222 g/mol. The number of methoxy groups -OCH3 is 1. The molecule has 1 saturated heterocycles. The van der Waals surface area contributed by atoms with Gasteiger partial charge >= 0.3 is 0 Å². The number of ether oxygens (including phenoxy) is 1. The minimum absolute atomic E-state index is 0.669. The molecule has 1 aliphatic heterocycles. The van der Waals surface area contributed by atoms with Gasteiger partial charge in [0.05, 0.1) is 13.3 Å². The van der Waals surface area contributed by atoms with Gasteiger partial charge in [-0.3, -0.25) is 4.79 Å². The van der Waals surface area contributed by atoms with Crippen molar-refractivity contribution in [2.24, 2.45) is 0 Å². The van der Waals surface area contributed by atoms with Crippen molar-refractivity contribution in [3.05, 3.63) is 12.5 Å². The van der Waals surface area contributed by atoms with Crippen molar-refractivity contribution >= 4 is 12.2 Å². The molecule has 0 radical (unpaired) electrons. The van der Waals surface area contributed by atoms with E-state index in [1.165, 1.54) is 6.33 Å². The van der Waals surface area contributed by atoms with Crippen LogP contribution in [0, 0.1) is 0 Å². The van der Waals surface area contributed by atoms with Gasteiger partial charge in [-0.2, -0.15) is 0 Å². The lowest BCUT2D eigenvalue weighted by Gasteiger charge is -2.33. The Kier molecular flexibility index (Phi) is 3.19. The molecule has 0 saturated carbocycles. The highest BCUT2D eigenvalue weighted by molar-refractivity contribution is 5.53. The van der Waals surface area contributed by atoms with E-state index in [0.717, 1.165) is 38.4 Å². The summed E-state index contributed by atoms with van der Waals surface area (Å²) in [6, 6.07) is 0. The van der Waals surface area contributed by atoms with E-state index < -0.39 is 0 Å². The Morgan fingerprint density at radius 3 is 2.75 bits per heavy atom. The molecule has 0 N–H and O–H groups in total. The second-order valence-corrected chi connectivity index (χ2v) is 3.54. The zero-order valence-corrected chi connectivity index (χ0v) is 9.17. The number of piperazine rings is 1. The second-order valence-electron chi connectivity index (χ2n) is 3.54. The third-order valence-corrected chi connectivity index (χ3v) is 2.64. The maximum atomic E-state index is 10.6. The number of amides is 1. The van der Waals surface area contributed by atoms with Gasteiger partial charge in [-0.15, -0.1) is 0 Å². The molecule has 1 aromatic heterocycles. The second kappa shape index (κ2) is 4.78. The highest BCUT2D eigenvalue weighted by Gasteiger charge is 2.19. The van der Waals surface area contributed by atoms with Gasteiger partial charge in [-0.1, -0.05) is 0 Å². The standard InChI is InChI=1S/C10H14N4O2/c1-16-9-6-11-7-12-10(9)14-4-2-13(8-15)3-5-14/h6-8H,2-5H2,1H3. The first-order valence-corrected chi connectivity index (χ1v) is 5.13. The number of nitrogens with zero attached hydrogens (tertiary/aromatic N) is 4. The number of carbonyl (C=O) groups excluding carboxylic acids is 1. The van der Waals surface area contributed by atoms with Gasteiger partial charge in [0.25, 0.3) is 0 Å². The van der Waals surface area contributed by atoms with Gasteiger partial charge in [0.2, 0.25) is 6.41 Å². The fourth-order valence-corrected chi connectivity index (χ4v) is 1.73. The summed E-state index contributed by atoms with van der Waals surface area (Å²) in [6.07, 6.45) is 4.03. The molecule has 1 fully saturated rings. The van der Waals surface area contributed by atoms with Crippen LogP contribution in [0.5, 0.6) is 5.75 Å². The van der Waals surface area contributed by atoms with E-state index in [4.69, 9.17) is 4.74 Å². The van der Waals surface area contributed by atoms with Crippen LogP contribution in [-0.4, -0.2) is 54.6 Å². The van der Waals surface area contributed by atoms with Crippen LogP contribution >= 0.6 is 0 Å². The molecule has 2 rings (SSSR count). The van der Waals surface area contributed by atoms with E-state index in [2.05, 4.69) is 14.9 Å². The van der Waals surface area contributed by atoms with E-state index in [1.807, 2.05) is 0 Å². The van der Waals surface area contributed by atoms with Crippen molar-refractivity contribution in [1.82, 2.24) is 14.9 Å². The Hall–Kier alpha value is -1.85. The van der Waals surface area contributed by atoms with Crippen LogP contribution in [0.2, 0.25) is 0 Å². The summed E-state index contributed by atoms with van der Waals surface area (Å²) >= 11 is 0. The molecule has 6 nitrogen and oxygen atoms in total. The Morgan fingerprint density at radius 2 is 2.12 bits per heavy atom. The van der Waals surface area contributed by atoms with Gasteiger partial charge in [-0.25, -0.2) is 9.97 Å². The van der Waals surface area contributed by atoms with Crippen LogP contribution in [0.15, 0.2) is 12.5 Å². The number of carbonyl (C=O) groups is 1. The normalized spacial score (nSPS) is 16.1. The summed E-state index contributed by atoms with van der Waals surface area (Å²) in [5, 5.41) is 0. The predicted octanol–water partition coefficient (Wildman–Crippen LogP) is -0.236. The first kappa shape index (κ1) is 10.7. The molecular formula is C10H14N4O2. The smallest absolute Gasteiger partial charge is 0.209 e. The maximum Gasteiger partial charge on any atom is 0.209 e. The number of hydrogen-bond acceptors (Lipinski definition) is 5. The highest BCUT2D eigenvalue weighted by atomic mass is 16.5. The molecule has 0 aliphatic carbocycles. The molecule has 86 valence electrons. The zero-order valence-electron chi connectivity index (χ0n) is 9.17. The van der Waals surface area contributed by atoms with E-state index in [9.17, 15) is 4.79 Å². The van der Waals surface area contributed by atoms with Crippen LogP contribution in [0.4, 0.5) is 5.82 Å². The lowest BCUT2D eigenvalue weighted by atomic mass is 10.3. The molecule has 1 aromatic rings. The first-order chi connectivity index (χ1) is 7.85. The predicted molar refractivity (Wildman–Crippen MR) is 58.4 cm³/mol. The lowest BCUT2D eigenvalue weighted by molar-refractivity contribution is -0.118. The van der Waals surface area contributed by atoms with Crippen molar-refractivity contribution in [2.45, 2.75) is 0 Å². The number of rotatable bonds is 3. The fourth-order valence-electron chi connectivity index (χ4n) is 1.73. The molecule has 0 aromatic carbocycles. The topological polar surface area (TPSA) is 58.6 Å². The van der Waals surface area contributed by atoms with E-state index in [1.54, 1.807) is 18.2 Å². The van der Waals surface area contributed by atoms with Crippen LogP contribution < -0.4 is 9.64 Å². The average Bonchev–Trinajstić information content (AvgIpc) is 2.39. The number of aromatic nitrogens is 2. The van der Waals surface area contributed by atoms with Gasteiger partial charge in [-0.05, 0) is 0 Å². The minimum atomic E-state index is 0.669. The summed E-state index contributed by atoms with van der Waals surface area (Å²) in [7, 11) is 1.60. The quantitative estimate of drug-likeness (QED) is 0.661. The van der Waals surface area contributed by atoms with Crippen molar-refractivity contribution < 1.29 is 9.53 Å². The molecular weight excluding hydrogens is 208 g/mol. The lowest BCUT2D eigenvalue weighted by Crippen LogP contribution is -2.46. The Labute approximate surface area is 93.8 Å². The molecule has 2 heterocycles. The van der Waals surface area contributed by atoms with E-state index in [0.29, 0.717) is 5.75 Å². The van der Waals surface area contributed by atoms with Crippen LogP contribution in [0.3, 0.4) is 0 Å². The van der Waals surface area contributed by atoms with E-state index >= 15 is 0 Å². The first-order valence-electron chi connectivity index (χ1n) is 5.13. The third-order valence-electron chi connectivity index (χ3n) is 2.64. The largest absolute Gasteiger partial charge is 0.491 e. The summed E-state index contributed by atoms with van der Waals surface area (Å²) in [5.74, 6) is 1.46. The Morgan fingerprint density at radius 1 is 1.38 bits per heavy atom. The molecule has 1 amide bonds. The third kappa shape index (κ3) is 2.05. The molecule has 0 atom stereocenters. The average molecular weight is 222 g/mol. The van der Waals surface area contributed by atoms with Crippen LogP contribution in [0.25, 0.3) is 0 Å². The van der Waals surface area contributed by atoms with E-state index in [-0.39, 0.29) is 0 Å². The molecule has 6 heteroatoms. The highest BCUT2D eigenvalue weighted by Crippen LogP contribution is 2.24. The van der Waals surface area contributed by atoms with Gasteiger partial charge < -0.3 is 14.5 Å². The number of hydrogen-bond donors (Lipinski definition) is 0. The van der Waals surface area contributed by atoms with Crippen molar-refractivity contribution in [1.29, 1.82) is 0 Å². The van der Waals surface area contributed by atoms with Gasteiger partial charge in [0, 0.05) is 26.2 Å². The molecule has 0 spiro atoms. The number of anilines is 1. The van der Waals surface area contributed by atoms with Crippen molar-refractivity contribution in [2.75, 3.05) is 38.2 Å². The summed E-state index contributed by atoms with van der Waals surface area (Å²) < 4.78 is 5.20. The fraction of sp³-hybridized carbons (Fsp3) is 0.500. The summed E-state index contributed by atoms with van der Waals surface area (Å²) in [5.41, 5.74) is 0. The minimum Gasteiger partial charge on any atom is -0.491 e. The van der Waals surface area contributed by atoms with Crippen LogP contribution in [-0.2, 0) is 4.79 Å². The SMILES string of the molecule is COc1cncnc1N1CCN(C=O)CC1. The summed E-state index contributed by atoms with van der Waals surface area (Å²) in [4.78, 5) is 22.6. The van der Waals surface area contributed by atoms with Crippen molar-refractivity contribution in [3.8, 4) is 5.75 Å². The molecule has 1 aliphatic rings. The maximum absolute atomic E-state index is 10.6. The van der Waals surface area contributed by atoms with Gasteiger partial charge in [0.1, 0.15) is 6.33 Å².